The molecule has 0 amide bonds. The summed E-state index contributed by atoms with van der Waals surface area (Å²) >= 11 is 0. The Bertz CT molecular complexity index is 1080. The fourth-order valence-corrected chi connectivity index (χ4v) is 5.91. The number of aliphatic hydroxyl groups excluding tert-OH is 1. The van der Waals surface area contributed by atoms with E-state index in [1.54, 1.807) is 26.4 Å². The van der Waals surface area contributed by atoms with E-state index >= 15 is 0 Å². The molecule has 2 aliphatic carbocycles. The average Bonchev–Trinajstić information content (AvgIpc) is 2.84. The number of carbonyl (C=O) groups excluding carboxylic acids is 1. The summed E-state index contributed by atoms with van der Waals surface area (Å²) in [5.74, 6) is 1.23. The molecular formula is C28H35NO5. The van der Waals surface area contributed by atoms with E-state index in [0.29, 0.717) is 12.0 Å². The topological polar surface area (TPSA) is 91.0 Å². The van der Waals surface area contributed by atoms with E-state index in [2.05, 4.69) is 19.9 Å². The number of aliphatic hydroxyl groups is 1. The number of esters is 1. The van der Waals surface area contributed by atoms with Gasteiger partial charge in [0.15, 0.2) is 6.10 Å². The van der Waals surface area contributed by atoms with Crippen LogP contribution in [0.25, 0.3) is 0 Å². The van der Waals surface area contributed by atoms with E-state index in [9.17, 15) is 9.90 Å². The van der Waals surface area contributed by atoms with Gasteiger partial charge in [-0.3, -0.25) is 0 Å². The van der Waals surface area contributed by atoms with Crippen molar-refractivity contribution in [3.05, 3.63) is 70.8 Å². The number of carbonyl (C=O) groups is 1. The predicted octanol–water partition coefficient (Wildman–Crippen LogP) is 4.09. The molecule has 0 aromatic heterocycles. The van der Waals surface area contributed by atoms with Crippen LogP contribution < -0.4 is 15.2 Å². The van der Waals surface area contributed by atoms with Crippen molar-refractivity contribution in [2.45, 2.75) is 57.3 Å². The highest BCUT2D eigenvalue weighted by Crippen LogP contribution is 2.54. The van der Waals surface area contributed by atoms with Gasteiger partial charge in [-0.2, -0.15) is 0 Å². The van der Waals surface area contributed by atoms with E-state index in [4.69, 9.17) is 19.9 Å². The summed E-state index contributed by atoms with van der Waals surface area (Å²) in [5, 5.41) is 10.7. The number of ether oxygens (including phenoxy) is 3. The first-order chi connectivity index (χ1) is 16.2. The molecule has 2 aliphatic rings. The van der Waals surface area contributed by atoms with Gasteiger partial charge in [-0.25, -0.2) is 4.79 Å². The molecule has 6 nitrogen and oxygen atoms in total. The van der Waals surface area contributed by atoms with Crippen molar-refractivity contribution < 1.29 is 24.1 Å². The molecule has 2 aromatic rings. The molecule has 4 rings (SSSR count). The van der Waals surface area contributed by atoms with Crippen molar-refractivity contribution in [3.63, 3.8) is 0 Å². The number of nitrogens with two attached hydrogens (primary N) is 1. The van der Waals surface area contributed by atoms with Gasteiger partial charge >= 0.3 is 5.97 Å². The molecular weight excluding hydrogens is 430 g/mol. The summed E-state index contributed by atoms with van der Waals surface area (Å²) in [6.45, 7) is 6.43. The molecule has 0 spiro atoms. The van der Waals surface area contributed by atoms with Crippen LogP contribution in [0.2, 0.25) is 0 Å². The molecule has 0 saturated carbocycles. The molecule has 2 aromatic carbocycles. The minimum atomic E-state index is -1.45. The normalized spacial score (nSPS) is 24.7. The number of hydrogen-bond donors (Lipinski definition) is 2. The van der Waals surface area contributed by atoms with Crippen LogP contribution in [0.1, 0.15) is 49.9 Å². The molecule has 0 radical (unpaired) electrons. The highest BCUT2D eigenvalue weighted by molar-refractivity contribution is 5.76. The summed E-state index contributed by atoms with van der Waals surface area (Å²) in [5.41, 5.74) is 9.88. The Balaban J connectivity index is 1.65. The van der Waals surface area contributed by atoms with Crippen LogP contribution in [0.15, 0.2) is 54.1 Å². The largest absolute Gasteiger partial charge is 0.496 e. The lowest BCUT2D eigenvalue weighted by atomic mass is 9.56. The highest BCUT2D eigenvalue weighted by Gasteiger charge is 2.50. The van der Waals surface area contributed by atoms with Gasteiger partial charge in [-0.1, -0.05) is 50.3 Å². The molecule has 34 heavy (non-hydrogen) atoms. The van der Waals surface area contributed by atoms with Crippen LogP contribution >= 0.6 is 0 Å². The van der Waals surface area contributed by atoms with Gasteiger partial charge in [0.2, 0.25) is 0 Å². The molecule has 6 heteroatoms. The summed E-state index contributed by atoms with van der Waals surface area (Å²) in [7, 11) is 3.36. The first kappa shape index (κ1) is 24.3. The van der Waals surface area contributed by atoms with Gasteiger partial charge in [-0.05, 0) is 54.4 Å². The van der Waals surface area contributed by atoms with E-state index in [-0.39, 0.29) is 17.3 Å². The Morgan fingerprint density at radius 3 is 2.38 bits per heavy atom. The smallest absolute Gasteiger partial charge is 0.337 e. The number of methoxy groups -OCH3 is 2. The van der Waals surface area contributed by atoms with E-state index in [0.717, 1.165) is 34.6 Å². The van der Waals surface area contributed by atoms with Crippen molar-refractivity contribution in [1.29, 1.82) is 0 Å². The lowest BCUT2D eigenvalue weighted by Crippen LogP contribution is -2.49. The Hall–Kier alpha value is -2.83. The minimum absolute atomic E-state index is 0.0394. The molecule has 5 atom stereocenters. The Labute approximate surface area is 201 Å². The van der Waals surface area contributed by atoms with Gasteiger partial charge in [0.1, 0.15) is 17.6 Å². The third kappa shape index (κ3) is 4.10. The van der Waals surface area contributed by atoms with E-state index in [1.807, 2.05) is 37.3 Å². The summed E-state index contributed by atoms with van der Waals surface area (Å²) in [4.78, 5) is 13.1. The van der Waals surface area contributed by atoms with Gasteiger partial charge in [0.25, 0.3) is 0 Å². The molecule has 0 bridgehead atoms. The van der Waals surface area contributed by atoms with E-state index < -0.39 is 24.2 Å². The van der Waals surface area contributed by atoms with Gasteiger partial charge < -0.3 is 25.1 Å². The van der Waals surface area contributed by atoms with Crippen LogP contribution in [0.3, 0.4) is 0 Å². The van der Waals surface area contributed by atoms with Crippen molar-refractivity contribution >= 4 is 5.97 Å². The Kier molecular flexibility index (Phi) is 6.74. The number of fused-ring (bicyclic) bond motifs is 2. The fraction of sp³-hybridized carbons (Fsp3) is 0.464. The average molecular weight is 466 g/mol. The lowest BCUT2D eigenvalue weighted by Gasteiger charge is -2.50. The monoisotopic (exact) mass is 465 g/mol. The van der Waals surface area contributed by atoms with Crippen LogP contribution in [0.5, 0.6) is 11.5 Å². The number of benzene rings is 2. The summed E-state index contributed by atoms with van der Waals surface area (Å²) in [6, 6.07) is 12.1. The predicted molar refractivity (Wildman–Crippen MR) is 131 cm³/mol. The number of hydrogen-bond acceptors (Lipinski definition) is 6. The van der Waals surface area contributed by atoms with Gasteiger partial charge in [-0.15, -0.1) is 0 Å². The summed E-state index contributed by atoms with van der Waals surface area (Å²) < 4.78 is 17.5. The summed E-state index contributed by atoms with van der Waals surface area (Å²) in [6.07, 6.45) is 1.82. The zero-order chi connectivity index (χ0) is 24.6. The molecule has 3 N–H and O–H groups in total. The Morgan fingerprint density at radius 1 is 1.09 bits per heavy atom. The highest BCUT2D eigenvalue weighted by atomic mass is 16.6. The second-order valence-corrected chi connectivity index (χ2v) is 9.94. The minimum Gasteiger partial charge on any atom is -0.496 e. The van der Waals surface area contributed by atoms with Gasteiger partial charge in [0, 0.05) is 17.0 Å². The first-order valence-corrected chi connectivity index (χ1v) is 11.8. The quantitative estimate of drug-likeness (QED) is 0.493. The van der Waals surface area contributed by atoms with Crippen molar-refractivity contribution in [2.75, 3.05) is 14.2 Å². The van der Waals surface area contributed by atoms with Crippen LogP contribution in [-0.4, -0.2) is 37.5 Å². The fourth-order valence-electron chi connectivity index (χ4n) is 5.91. The maximum Gasteiger partial charge on any atom is 0.337 e. The standard InChI is InChI=1S/C28H35NO5/c1-16-11-12-20-18(15-19-21(32-4)13-14-22(33-5)23(19)28(20,2)3)26(16)34-27(31)25(30)24(29)17-9-7-6-8-10-17/h6-11,13-14,18,20,24-26,30H,12,15,29H2,1-5H3. The second-order valence-electron chi connectivity index (χ2n) is 9.94. The second kappa shape index (κ2) is 9.43. The van der Waals surface area contributed by atoms with Crippen molar-refractivity contribution in [3.8, 4) is 11.5 Å². The molecule has 0 saturated heterocycles. The van der Waals surface area contributed by atoms with Gasteiger partial charge in [0.05, 0.1) is 20.3 Å². The maximum atomic E-state index is 13.1. The lowest BCUT2D eigenvalue weighted by molar-refractivity contribution is -0.163. The molecule has 182 valence electrons. The Morgan fingerprint density at radius 2 is 1.74 bits per heavy atom. The van der Waals surface area contributed by atoms with Crippen molar-refractivity contribution in [2.24, 2.45) is 17.6 Å². The van der Waals surface area contributed by atoms with Crippen LogP contribution in [0.4, 0.5) is 0 Å². The van der Waals surface area contributed by atoms with Crippen LogP contribution in [-0.2, 0) is 21.4 Å². The molecule has 0 aliphatic heterocycles. The third-order valence-corrected chi connectivity index (χ3v) is 7.74. The molecule has 0 fully saturated rings. The zero-order valence-corrected chi connectivity index (χ0v) is 20.6. The molecule has 0 heterocycles. The number of rotatable bonds is 6. The molecule has 5 unspecified atom stereocenters. The third-order valence-electron chi connectivity index (χ3n) is 7.74. The zero-order valence-electron chi connectivity index (χ0n) is 20.6. The van der Waals surface area contributed by atoms with Crippen LogP contribution in [0, 0.1) is 11.8 Å². The number of allylic oxidation sites excluding steroid dienone is 1. The van der Waals surface area contributed by atoms with E-state index in [1.165, 1.54) is 0 Å². The SMILES string of the molecule is COc1ccc(OC)c2c1CC1C(OC(=O)C(O)C(N)c3ccccc3)C(C)=CCC1C2(C)C. The first-order valence-electron chi connectivity index (χ1n) is 11.8. The van der Waals surface area contributed by atoms with Crippen molar-refractivity contribution in [1.82, 2.24) is 0 Å². The maximum absolute atomic E-state index is 13.1.